The van der Waals surface area contributed by atoms with E-state index in [1.165, 1.54) is 32.1 Å². The number of ether oxygens (including phenoxy) is 1. The van der Waals surface area contributed by atoms with Gasteiger partial charge in [0, 0.05) is 0 Å². The van der Waals surface area contributed by atoms with E-state index >= 15 is 0 Å². The number of esters is 1. The summed E-state index contributed by atoms with van der Waals surface area (Å²) in [6.07, 6.45) is 8.65. The lowest BCUT2D eigenvalue weighted by atomic mass is 9.98. The first-order valence-electron chi connectivity index (χ1n) is 8.19. The van der Waals surface area contributed by atoms with Gasteiger partial charge < -0.3 is 9.84 Å². The molecule has 0 radical (unpaired) electrons. The molecule has 0 spiro atoms. The Bertz CT molecular complexity index is 255. The third-order valence-electron chi connectivity index (χ3n) is 3.46. The van der Waals surface area contributed by atoms with E-state index in [-0.39, 0.29) is 5.97 Å². The molecule has 1 N–H and O–H groups in total. The first kappa shape index (κ1) is 19.4. The largest absolute Gasteiger partial charge is 0.460 e. The van der Waals surface area contributed by atoms with Crippen LogP contribution in [0, 0.1) is 5.92 Å². The van der Waals surface area contributed by atoms with Crippen LogP contribution in [0.25, 0.3) is 0 Å². The zero-order valence-electron chi connectivity index (χ0n) is 14.1. The molecule has 0 bridgehead atoms. The van der Waals surface area contributed by atoms with Gasteiger partial charge in [-0.15, -0.1) is 0 Å². The Balaban J connectivity index is 3.74. The van der Waals surface area contributed by atoms with Gasteiger partial charge in [-0.3, -0.25) is 4.79 Å². The molecule has 0 aliphatic rings. The summed E-state index contributed by atoms with van der Waals surface area (Å²) in [5.74, 6) is -0.734. The van der Waals surface area contributed by atoms with Crippen LogP contribution in [-0.2, 0) is 9.53 Å². The Morgan fingerprint density at radius 3 is 2.05 bits per heavy atom. The molecule has 0 saturated heterocycles. The first-order valence-corrected chi connectivity index (χ1v) is 8.19. The Morgan fingerprint density at radius 2 is 1.55 bits per heavy atom. The van der Waals surface area contributed by atoms with E-state index < -0.39 is 17.6 Å². The summed E-state index contributed by atoms with van der Waals surface area (Å²) in [7, 11) is 0. The predicted molar refractivity (Wildman–Crippen MR) is 83.6 cm³/mol. The van der Waals surface area contributed by atoms with Crippen molar-refractivity contribution in [3.8, 4) is 0 Å². The van der Waals surface area contributed by atoms with Crippen LogP contribution in [0.15, 0.2) is 0 Å². The Morgan fingerprint density at radius 1 is 1.05 bits per heavy atom. The van der Waals surface area contributed by atoms with Crippen LogP contribution in [0.2, 0.25) is 0 Å². The molecule has 0 aromatic carbocycles. The molecule has 2 unspecified atom stereocenters. The van der Waals surface area contributed by atoms with E-state index in [2.05, 4.69) is 6.92 Å². The zero-order valence-corrected chi connectivity index (χ0v) is 14.1. The van der Waals surface area contributed by atoms with E-state index in [0.717, 1.165) is 12.8 Å². The summed E-state index contributed by atoms with van der Waals surface area (Å²) in [6.45, 7) is 9.51. The molecular formula is C17H34O3. The van der Waals surface area contributed by atoms with Crippen LogP contribution >= 0.6 is 0 Å². The molecule has 0 aliphatic heterocycles. The second-order valence-electron chi connectivity index (χ2n) is 6.80. The van der Waals surface area contributed by atoms with Crippen molar-refractivity contribution in [1.29, 1.82) is 0 Å². The van der Waals surface area contributed by atoms with Crippen LogP contribution in [0.3, 0.4) is 0 Å². The number of hydrogen-bond donors (Lipinski definition) is 1. The molecular weight excluding hydrogens is 252 g/mol. The highest BCUT2D eigenvalue weighted by atomic mass is 16.6. The van der Waals surface area contributed by atoms with Crippen molar-refractivity contribution in [3.05, 3.63) is 0 Å². The van der Waals surface area contributed by atoms with Crippen LogP contribution < -0.4 is 0 Å². The van der Waals surface area contributed by atoms with Gasteiger partial charge in [-0.2, -0.15) is 0 Å². The fourth-order valence-corrected chi connectivity index (χ4v) is 2.11. The van der Waals surface area contributed by atoms with Gasteiger partial charge >= 0.3 is 5.97 Å². The summed E-state index contributed by atoms with van der Waals surface area (Å²) in [4.78, 5) is 11.8. The van der Waals surface area contributed by atoms with Crippen molar-refractivity contribution in [2.75, 3.05) is 0 Å². The molecule has 3 nitrogen and oxygen atoms in total. The number of hydrogen-bond acceptors (Lipinski definition) is 3. The van der Waals surface area contributed by atoms with Crippen molar-refractivity contribution < 1.29 is 14.6 Å². The summed E-state index contributed by atoms with van der Waals surface area (Å²) in [5, 5.41) is 10.0. The second-order valence-corrected chi connectivity index (χ2v) is 6.80. The second kappa shape index (κ2) is 10.2. The lowest BCUT2D eigenvalue weighted by Crippen LogP contribution is -2.33. The highest BCUT2D eigenvalue weighted by Crippen LogP contribution is 2.18. The molecule has 0 saturated carbocycles. The fourth-order valence-electron chi connectivity index (χ4n) is 2.11. The van der Waals surface area contributed by atoms with E-state index in [0.29, 0.717) is 6.42 Å². The van der Waals surface area contributed by atoms with Crippen molar-refractivity contribution in [2.24, 2.45) is 5.92 Å². The van der Waals surface area contributed by atoms with Gasteiger partial charge in [-0.05, 0) is 34.1 Å². The summed E-state index contributed by atoms with van der Waals surface area (Å²) >= 11 is 0. The van der Waals surface area contributed by atoms with Gasteiger partial charge in [0.1, 0.15) is 5.60 Å². The third kappa shape index (κ3) is 10.2. The lowest BCUT2D eigenvalue weighted by Gasteiger charge is -2.24. The molecule has 120 valence electrons. The molecule has 0 heterocycles. The Labute approximate surface area is 125 Å². The quantitative estimate of drug-likeness (QED) is 0.476. The van der Waals surface area contributed by atoms with Crippen LogP contribution in [0.5, 0.6) is 0 Å². The van der Waals surface area contributed by atoms with E-state index in [4.69, 9.17) is 4.74 Å². The fraction of sp³-hybridized carbons (Fsp3) is 0.941. The van der Waals surface area contributed by atoms with E-state index in [1.807, 2.05) is 20.8 Å². The predicted octanol–water partition coefficient (Wildman–Crippen LogP) is 4.47. The summed E-state index contributed by atoms with van der Waals surface area (Å²) in [5.41, 5.74) is -0.482. The van der Waals surface area contributed by atoms with Crippen molar-refractivity contribution in [1.82, 2.24) is 0 Å². The maximum Gasteiger partial charge on any atom is 0.311 e. The lowest BCUT2D eigenvalue weighted by molar-refractivity contribution is -0.163. The minimum absolute atomic E-state index is 0.298. The molecule has 2 atom stereocenters. The van der Waals surface area contributed by atoms with Gasteiger partial charge in [-0.1, -0.05) is 51.9 Å². The number of carbonyl (C=O) groups excluding carboxylic acids is 1. The van der Waals surface area contributed by atoms with Crippen LogP contribution in [-0.4, -0.2) is 22.8 Å². The summed E-state index contributed by atoms with van der Waals surface area (Å²) in [6, 6.07) is 0. The molecule has 0 amide bonds. The number of unbranched alkanes of at least 4 members (excludes halogenated alkanes) is 6. The molecule has 0 fully saturated rings. The Kier molecular flexibility index (Phi) is 9.91. The van der Waals surface area contributed by atoms with Crippen molar-refractivity contribution in [3.63, 3.8) is 0 Å². The molecule has 0 aliphatic carbocycles. The molecule has 0 aromatic rings. The minimum Gasteiger partial charge on any atom is -0.460 e. The van der Waals surface area contributed by atoms with Gasteiger partial charge in [0.15, 0.2) is 0 Å². The standard InChI is InChI=1S/C17H34O3/c1-6-7-8-9-10-11-12-13-15(18)14(2)16(19)20-17(3,4)5/h14-15,18H,6-13H2,1-5H3. The number of aliphatic hydroxyl groups is 1. The highest BCUT2D eigenvalue weighted by Gasteiger charge is 2.26. The van der Waals surface area contributed by atoms with Crippen LogP contribution in [0.1, 0.15) is 86.0 Å². The number of rotatable bonds is 10. The Hall–Kier alpha value is -0.570. The van der Waals surface area contributed by atoms with E-state index in [1.54, 1.807) is 6.92 Å². The van der Waals surface area contributed by atoms with Crippen molar-refractivity contribution in [2.45, 2.75) is 97.7 Å². The topological polar surface area (TPSA) is 46.5 Å². The monoisotopic (exact) mass is 286 g/mol. The van der Waals surface area contributed by atoms with Gasteiger partial charge in [0.05, 0.1) is 12.0 Å². The maximum absolute atomic E-state index is 11.8. The molecule has 0 rings (SSSR count). The van der Waals surface area contributed by atoms with Gasteiger partial charge in [0.25, 0.3) is 0 Å². The van der Waals surface area contributed by atoms with Crippen LogP contribution in [0.4, 0.5) is 0 Å². The third-order valence-corrected chi connectivity index (χ3v) is 3.46. The zero-order chi connectivity index (χ0) is 15.6. The number of aliphatic hydroxyl groups excluding tert-OH is 1. The summed E-state index contributed by atoms with van der Waals surface area (Å²) < 4.78 is 5.29. The smallest absolute Gasteiger partial charge is 0.311 e. The number of carbonyl (C=O) groups is 1. The average Bonchev–Trinajstić information content (AvgIpc) is 2.34. The molecule has 20 heavy (non-hydrogen) atoms. The van der Waals surface area contributed by atoms with Gasteiger partial charge in [0.2, 0.25) is 0 Å². The normalized spacial score (nSPS) is 14.9. The average molecular weight is 286 g/mol. The maximum atomic E-state index is 11.8. The SMILES string of the molecule is CCCCCCCCCC(O)C(C)C(=O)OC(C)(C)C. The molecule has 3 heteroatoms. The molecule has 0 aromatic heterocycles. The van der Waals surface area contributed by atoms with Gasteiger partial charge in [-0.25, -0.2) is 0 Å². The van der Waals surface area contributed by atoms with Crippen molar-refractivity contribution >= 4 is 5.97 Å². The first-order chi connectivity index (χ1) is 9.28. The highest BCUT2D eigenvalue weighted by molar-refractivity contribution is 5.73. The minimum atomic E-state index is -0.583. The van der Waals surface area contributed by atoms with E-state index in [9.17, 15) is 9.90 Å².